The van der Waals surface area contributed by atoms with Crippen LogP contribution in [0.1, 0.15) is 9.70 Å². The van der Waals surface area contributed by atoms with Gasteiger partial charge in [-0.3, -0.25) is 4.79 Å². The van der Waals surface area contributed by atoms with Gasteiger partial charge in [0.15, 0.2) is 0 Å². The second-order valence-corrected chi connectivity index (χ2v) is 3.95. The molecule has 0 aliphatic rings. The maximum absolute atomic E-state index is 10.6. The Morgan fingerprint density at radius 3 is 2.90 bits per heavy atom. The summed E-state index contributed by atoms with van der Waals surface area (Å²) in [6.45, 7) is 0. The van der Waals surface area contributed by atoms with Gasteiger partial charge in [-0.2, -0.15) is 0 Å². The molecule has 1 rings (SSSR count). The molecule has 0 amide bonds. The SMILES string of the molecule is O=C(Cl)C(Br)c1cccs1. The van der Waals surface area contributed by atoms with Crippen LogP contribution in [0.5, 0.6) is 0 Å². The molecule has 0 radical (unpaired) electrons. The molecule has 54 valence electrons. The topological polar surface area (TPSA) is 17.1 Å². The molecule has 0 aliphatic heterocycles. The van der Waals surface area contributed by atoms with Crippen molar-refractivity contribution in [3.05, 3.63) is 22.4 Å². The Kier molecular flexibility index (Phi) is 2.89. The van der Waals surface area contributed by atoms with Gasteiger partial charge >= 0.3 is 0 Å². The number of alkyl halides is 1. The zero-order valence-electron chi connectivity index (χ0n) is 4.88. The van der Waals surface area contributed by atoms with Crippen LogP contribution in [0.4, 0.5) is 0 Å². The molecule has 0 N–H and O–H groups in total. The molecule has 10 heavy (non-hydrogen) atoms. The van der Waals surface area contributed by atoms with E-state index >= 15 is 0 Å². The average molecular weight is 240 g/mol. The smallest absolute Gasteiger partial charge is 0.240 e. The summed E-state index contributed by atoms with van der Waals surface area (Å²) >= 11 is 9.91. The van der Waals surface area contributed by atoms with Gasteiger partial charge < -0.3 is 0 Å². The minimum atomic E-state index is -0.373. The highest BCUT2D eigenvalue weighted by molar-refractivity contribution is 9.09. The summed E-state index contributed by atoms with van der Waals surface area (Å²) in [7, 11) is 0. The number of rotatable bonds is 2. The molecule has 1 unspecified atom stereocenters. The first-order valence-electron chi connectivity index (χ1n) is 2.58. The standard InChI is InChI=1S/C6H4BrClOS/c7-5(6(8)9)4-2-1-3-10-4/h1-3,5H. The Bertz CT molecular complexity index is 222. The van der Waals surface area contributed by atoms with Crippen molar-refractivity contribution in [2.24, 2.45) is 0 Å². The molecule has 0 saturated carbocycles. The quantitative estimate of drug-likeness (QED) is 0.573. The fourth-order valence-electron chi connectivity index (χ4n) is 0.547. The van der Waals surface area contributed by atoms with Gasteiger partial charge in [-0.1, -0.05) is 22.0 Å². The van der Waals surface area contributed by atoms with Crippen LogP contribution in [-0.4, -0.2) is 5.24 Å². The molecule has 0 saturated heterocycles. The van der Waals surface area contributed by atoms with E-state index in [9.17, 15) is 4.79 Å². The Hall–Kier alpha value is 0.140. The minimum absolute atomic E-state index is 0.339. The number of hydrogen-bond acceptors (Lipinski definition) is 2. The van der Waals surface area contributed by atoms with E-state index in [1.165, 1.54) is 11.3 Å². The maximum atomic E-state index is 10.6. The molecule has 0 spiro atoms. The van der Waals surface area contributed by atoms with Crippen molar-refractivity contribution >= 4 is 44.1 Å². The number of carbonyl (C=O) groups excluding carboxylic acids is 1. The van der Waals surface area contributed by atoms with Gasteiger partial charge in [0.2, 0.25) is 5.24 Å². The molecule has 1 nitrogen and oxygen atoms in total. The lowest BCUT2D eigenvalue weighted by Gasteiger charge is -1.97. The molecule has 4 heteroatoms. The van der Waals surface area contributed by atoms with E-state index in [0.717, 1.165) is 4.88 Å². The van der Waals surface area contributed by atoms with E-state index in [2.05, 4.69) is 15.9 Å². The average Bonchev–Trinajstić information content (AvgIpc) is 2.36. The Morgan fingerprint density at radius 2 is 2.50 bits per heavy atom. The van der Waals surface area contributed by atoms with Crippen LogP contribution in [-0.2, 0) is 4.79 Å². The molecule has 0 fully saturated rings. The summed E-state index contributed by atoms with van der Waals surface area (Å²) in [5.74, 6) is 0. The Balaban J connectivity index is 2.77. The maximum Gasteiger partial charge on any atom is 0.240 e. The van der Waals surface area contributed by atoms with E-state index in [4.69, 9.17) is 11.6 Å². The molecule has 0 aromatic carbocycles. The summed E-state index contributed by atoms with van der Waals surface area (Å²) in [5.41, 5.74) is 0. The van der Waals surface area contributed by atoms with Gasteiger partial charge in [0, 0.05) is 4.88 Å². The van der Waals surface area contributed by atoms with Gasteiger partial charge in [0.25, 0.3) is 0 Å². The van der Waals surface area contributed by atoms with Crippen LogP contribution in [0.15, 0.2) is 17.5 Å². The second-order valence-electron chi connectivity index (χ2n) is 1.68. The first-order valence-corrected chi connectivity index (χ1v) is 4.76. The summed E-state index contributed by atoms with van der Waals surface area (Å²) in [4.78, 5) is 11.2. The number of carbonyl (C=O) groups is 1. The summed E-state index contributed by atoms with van der Waals surface area (Å²) in [6.07, 6.45) is 0. The van der Waals surface area contributed by atoms with E-state index in [1.54, 1.807) is 0 Å². The van der Waals surface area contributed by atoms with Crippen LogP contribution in [0, 0.1) is 0 Å². The van der Waals surface area contributed by atoms with E-state index in [-0.39, 0.29) is 10.1 Å². The van der Waals surface area contributed by atoms with Crippen LogP contribution >= 0.6 is 38.9 Å². The zero-order chi connectivity index (χ0) is 7.56. The second kappa shape index (κ2) is 3.51. The molecule has 1 atom stereocenters. The van der Waals surface area contributed by atoms with Crippen molar-refractivity contribution in [1.82, 2.24) is 0 Å². The first kappa shape index (κ1) is 8.24. The molecule has 1 heterocycles. The van der Waals surface area contributed by atoms with Gasteiger partial charge in [-0.05, 0) is 23.0 Å². The molecule has 1 aromatic rings. The van der Waals surface area contributed by atoms with E-state index in [0.29, 0.717) is 0 Å². The highest BCUT2D eigenvalue weighted by atomic mass is 79.9. The third kappa shape index (κ3) is 1.81. The third-order valence-corrected chi connectivity index (χ3v) is 3.62. The lowest BCUT2D eigenvalue weighted by atomic mass is 10.4. The zero-order valence-corrected chi connectivity index (χ0v) is 8.04. The third-order valence-electron chi connectivity index (χ3n) is 0.992. The predicted octanol–water partition coefficient (Wildman–Crippen LogP) is 2.95. The van der Waals surface area contributed by atoms with Crippen molar-refractivity contribution in [2.75, 3.05) is 0 Å². The van der Waals surface area contributed by atoms with Crippen LogP contribution in [0.2, 0.25) is 0 Å². The normalized spacial score (nSPS) is 13.0. The lowest BCUT2D eigenvalue weighted by molar-refractivity contribution is -0.111. The van der Waals surface area contributed by atoms with Gasteiger partial charge in [0.05, 0.1) is 0 Å². The largest absolute Gasteiger partial charge is 0.280 e. The minimum Gasteiger partial charge on any atom is -0.280 e. The molecule has 1 aromatic heterocycles. The molecule has 0 bridgehead atoms. The van der Waals surface area contributed by atoms with Crippen molar-refractivity contribution in [2.45, 2.75) is 4.83 Å². The highest BCUT2D eigenvalue weighted by Gasteiger charge is 2.14. The summed E-state index contributed by atoms with van der Waals surface area (Å²) in [5, 5.41) is 1.53. The molecular formula is C6H4BrClOS. The van der Waals surface area contributed by atoms with Crippen molar-refractivity contribution in [3.63, 3.8) is 0 Å². The predicted molar refractivity (Wildman–Crippen MR) is 46.8 cm³/mol. The fraction of sp³-hybridized carbons (Fsp3) is 0.167. The first-order chi connectivity index (χ1) is 4.72. The van der Waals surface area contributed by atoms with Gasteiger partial charge in [-0.15, -0.1) is 11.3 Å². The summed E-state index contributed by atoms with van der Waals surface area (Å²) in [6, 6.07) is 3.75. The van der Waals surface area contributed by atoms with E-state index < -0.39 is 0 Å². The van der Waals surface area contributed by atoms with Crippen molar-refractivity contribution < 1.29 is 4.79 Å². The Morgan fingerprint density at radius 1 is 1.80 bits per heavy atom. The van der Waals surface area contributed by atoms with Crippen LogP contribution < -0.4 is 0 Å². The fourth-order valence-corrected chi connectivity index (χ4v) is 1.90. The van der Waals surface area contributed by atoms with Crippen LogP contribution in [0.3, 0.4) is 0 Å². The van der Waals surface area contributed by atoms with Crippen molar-refractivity contribution in [1.29, 1.82) is 0 Å². The van der Waals surface area contributed by atoms with Gasteiger partial charge in [0.1, 0.15) is 4.83 Å². The van der Waals surface area contributed by atoms with E-state index in [1.807, 2.05) is 17.5 Å². The van der Waals surface area contributed by atoms with Crippen molar-refractivity contribution in [3.8, 4) is 0 Å². The number of thiophene rings is 1. The molecular weight excluding hydrogens is 235 g/mol. The number of halogens is 2. The monoisotopic (exact) mass is 238 g/mol. The summed E-state index contributed by atoms with van der Waals surface area (Å²) < 4.78 is 0. The lowest BCUT2D eigenvalue weighted by Crippen LogP contribution is -1.94. The van der Waals surface area contributed by atoms with Gasteiger partial charge in [-0.25, -0.2) is 0 Å². The number of hydrogen-bond donors (Lipinski definition) is 0. The Labute approximate surface area is 76.1 Å². The highest BCUT2D eigenvalue weighted by Crippen LogP contribution is 2.28. The van der Waals surface area contributed by atoms with Crippen LogP contribution in [0.25, 0.3) is 0 Å². The molecule has 0 aliphatic carbocycles.